The van der Waals surface area contributed by atoms with E-state index in [0.717, 1.165) is 0 Å². The van der Waals surface area contributed by atoms with E-state index in [1.165, 1.54) is 0 Å². The highest BCUT2D eigenvalue weighted by Crippen LogP contribution is 2.71. The van der Waals surface area contributed by atoms with E-state index in [2.05, 4.69) is 4.74 Å². The fraction of sp³-hybridized carbons (Fsp3) is 1.00. The molecule has 0 heterocycles. The molecule has 21 heteroatoms. The van der Waals surface area contributed by atoms with Gasteiger partial charge in [0.2, 0.25) is 0 Å². The third kappa shape index (κ3) is 4.01. The predicted molar refractivity (Wildman–Crippen MR) is 71.9 cm³/mol. The highest BCUT2D eigenvalue weighted by atomic mass is 32.2. The third-order valence-corrected chi connectivity index (χ3v) is 4.48. The number of hydrogen-bond acceptors (Lipinski definition) is 5. The molecule has 6 nitrogen and oxygen atoms in total. The molecular weight excluding hydrogens is 538 g/mol. The lowest BCUT2D eigenvalue weighted by atomic mass is 9.76. The van der Waals surface area contributed by atoms with Gasteiger partial charge in [-0.2, -0.15) is 69.9 Å². The molecule has 0 radical (unpaired) electrons. The first-order valence-corrected chi connectivity index (χ1v) is 9.03. The minimum Gasteiger partial charge on any atom is -0.330 e. The van der Waals surface area contributed by atoms with Crippen LogP contribution in [0.25, 0.3) is 0 Å². The van der Waals surface area contributed by atoms with Gasteiger partial charge in [0.15, 0.2) is 0 Å². The number of halogens is 14. The van der Waals surface area contributed by atoms with Gasteiger partial charge in [-0.3, -0.25) is 9.29 Å². The zero-order valence-electron chi connectivity index (χ0n) is 15.7. The lowest BCUT2D eigenvalue weighted by molar-refractivity contribution is -0.619. The largest absolute Gasteiger partial charge is 0.478 e. The first kappa shape index (κ1) is 29.8. The molecule has 0 aromatic rings. The molecule has 0 spiro atoms. The number of ether oxygens (including phenoxy) is 3. The van der Waals surface area contributed by atoms with Crippen molar-refractivity contribution in [3.63, 3.8) is 0 Å². The van der Waals surface area contributed by atoms with Crippen LogP contribution in [0.2, 0.25) is 0 Å². The van der Waals surface area contributed by atoms with Crippen LogP contribution in [-0.2, 0) is 24.3 Å². The van der Waals surface area contributed by atoms with Gasteiger partial charge in [0.25, 0.3) is 0 Å². The van der Waals surface area contributed by atoms with Crippen molar-refractivity contribution in [2.45, 2.75) is 73.5 Å². The van der Waals surface area contributed by atoms with Gasteiger partial charge in [0.1, 0.15) is 0 Å². The second-order valence-corrected chi connectivity index (χ2v) is 8.76. The van der Waals surface area contributed by atoms with Crippen molar-refractivity contribution >= 4 is 10.1 Å². The number of rotatable bonds is 7. The summed E-state index contributed by atoms with van der Waals surface area (Å²) in [5, 5.41) is -7.21. The lowest BCUT2D eigenvalue weighted by Gasteiger charge is -2.58. The van der Waals surface area contributed by atoms with Crippen LogP contribution in [0.5, 0.6) is 0 Å². The normalized spacial score (nSPS) is 30.5. The summed E-state index contributed by atoms with van der Waals surface area (Å²) in [6, 6.07) is -7.42. The van der Waals surface area contributed by atoms with Gasteiger partial charge in [0.05, 0.1) is 5.60 Å². The Morgan fingerprint density at radius 1 is 0.697 bits per heavy atom. The Kier molecular flexibility index (Phi) is 6.48. The first-order chi connectivity index (χ1) is 13.9. The smallest absolute Gasteiger partial charge is 0.330 e. The van der Waals surface area contributed by atoms with Crippen molar-refractivity contribution in [2.24, 2.45) is 0 Å². The van der Waals surface area contributed by atoms with Crippen LogP contribution in [0.1, 0.15) is 20.8 Å². The van der Waals surface area contributed by atoms with E-state index >= 15 is 0 Å². The summed E-state index contributed by atoms with van der Waals surface area (Å²) in [6.07, 6.45) is -15.0. The van der Waals surface area contributed by atoms with Crippen molar-refractivity contribution in [1.29, 1.82) is 0 Å². The average Bonchev–Trinajstić information content (AvgIpc) is 2.48. The molecule has 0 bridgehead atoms. The molecule has 33 heavy (non-hydrogen) atoms. The Hall–Kier alpha value is -1.19. The summed E-state index contributed by atoms with van der Waals surface area (Å²) >= 11 is 0. The molecule has 0 amide bonds. The van der Waals surface area contributed by atoms with Crippen molar-refractivity contribution in [3.05, 3.63) is 0 Å². The summed E-state index contributed by atoms with van der Waals surface area (Å²) in [5.41, 5.74) is -2.37. The van der Waals surface area contributed by atoms with Gasteiger partial charge in [-0.1, -0.05) is 0 Å². The van der Waals surface area contributed by atoms with E-state index in [1.807, 2.05) is 4.74 Å². The monoisotopic (exact) mass is 548 g/mol. The molecule has 1 rings (SSSR count). The highest BCUT2D eigenvalue weighted by Gasteiger charge is 3.03. The van der Waals surface area contributed by atoms with E-state index in [1.54, 1.807) is 4.74 Å². The Morgan fingerprint density at radius 3 is 1.30 bits per heavy atom. The van der Waals surface area contributed by atoms with Crippen LogP contribution < -0.4 is 0 Å². The SMILES string of the molecule is CC(C)(C)OC1(F)C(F)(F)C(F)(OC(F)(OC(F)(F)C(F)(F)S(=O)(=O)O)C(F)(F)F)C1(F)F. The lowest BCUT2D eigenvalue weighted by Crippen LogP contribution is -2.89. The summed E-state index contributed by atoms with van der Waals surface area (Å²) in [4.78, 5) is 0. The minimum atomic E-state index is -7.53. The van der Waals surface area contributed by atoms with Gasteiger partial charge < -0.3 is 4.74 Å². The second kappa shape index (κ2) is 7.17. The molecule has 1 aliphatic rings. The summed E-state index contributed by atoms with van der Waals surface area (Å²) < 4.78 is 224. The summed E-state index contributed by atoms with van der Waals surface area (Å²) in [6.45, 7) is 1.78. The van der Waals surface area contributed by atoms with E-state index in [0.29, 0.717) is 20.8 Å². The zero-order chi connectivity index (χ0) is 27.1. The fourth-order valence-electron chi connectivity index (χ4n) is 2.12. The number of hydrogen-bond donors (Lipinski definition) is 1. The molecule has 1 aliphatic carbocycles. The Bertz CT molecular complexity index is 862. The average molecular weight is 548 g/mol. The van der Waals surface area contributed by atoms with Gasteiger partial charge in [0, 0.05) is 0 Å². The molecule has 1 atom stereocenters. The maximum atomic E-state index is 14.2. The number of alkyl halides is 14. The predicted octanol–water partition coefficient (Wildman–Crippen LogP) is 4.71. The van der Waals surface area contributed by atoms with Crippen LogP contribution in [0.15, 0.2) is 0 Å². The van der Waals surface area contributed by atoms with E-state index in [9.17, 15) is 69.9 Å². The van der Waals surface area contributed by atoms with Crippen LogP contribution >= 0.6 is 0 Å². The molecule has 1 saturated carbocycles. The van der Waals surface area contributed by atoms with Crippen LogP contribution in [0.4, 0.5) is 61.5 Å². The van der Waals surface area contributed by atoms with Gasteiger partial charge in [-0.25, -0.2) is 4.74 Å². The molecule has 0 saturated heterocycles. The van der Waals surface area contributed by atoms with E-state index in [-0.39, 0.29) is 0 Å². The van der Waals surface area contributed by atoms with Gasteiger partial charge in [-0.05, 0) is 20.8 Å². The highest BCUT2D eigenvalue weighted by molar-refractivity contribution is 7.86. The van der Waals surface area contributed by atoms with Gasteiger partial charge >= 0.3 is 57.3 Å². The standard InChI is InChI=1S/C12H10F14O6S/c1-4(2,3)30-7(17)5(13,14)8(18,6(7,15)16)31-12(26,9(19,20)21)32-10(22,23)11(24,25)33(27,28)29/h1-3H3,(H,27,28,29). The maximum Gasteiger partial charge on any atom is 0.478 e. The second-order valence-electron chi connectivity index (χ2n) is 7.30. The molecule has 0 aromatic heterocycles. The van der Waals surface area contributed by atoms with Crippen molar-refractivity contribution < 1.29 is 88.6 Å². The van der Waals surface area contributed by atoms with E-state index in [4.69, 9.17) is 4.55 Å². The van der Waals surface area contributed by atoms with Crippen LogP contribution in [-0.4, -0.2) is 65.7 Å². The zero-order valence-corrected chi connectivity index (χ0v) is 16.5. The molecule has 198 valence electrons. The topological polar surface area (TPSA) is 82.1 Å². The Balaban J connectivity index is 3.61. The maximum absolute atomic E-state index is 14.2. The van der Waals surface area contributed by atoms with Crippen LogP contribution in [0.3, 0.4) is 0 Å². The van der Waals surface area contributed by atoms with Gasteiger partial charge in [-0.15, -0.1) is 0 Å². The Morgan fingerprint density at radius 2 is 1.03 bits per heavy atom. The summed E-state index contributed by atoms with van der Waals surface area (Å²) in [7, 11) is -7.47. The van der Waals surface area contributed by atoms with Crippen molar-refractivity contribution in [1.82, 2.24) is 0 Å². The summed E-state index contributed by atoms with van der Waals surface area (Å²) in [5.74, 6) is -26.1. The molecular formula is C12H10F14O6S. The van der Waals surface area contributed by atoms with Crippen molar-refractivity contribution in [3.8, 4) is 0 Å². The van der Waals surface area contributed by atoms with Crippen LogP contribution in [0, 0.1) is 0 Å². The molecule has 1 N–H and O–H groups in total. The third-order valence-electron chi connectivity index (χ3n) is 3.59. The van der Waals surface area contributed by atoms with Crippen molar-refractivity contribution in [2.75, 3.05) is 0 Å². The molecule has 1 fully saturated rings. The minimum absolute atomic E-state index is 0.593. The molecule has 1 unspecified atom stereocenters. The molecule has 0 aliphatic heterocycles. The molecule has 0 aromatic carbocycles. The fourth-order valence-corrected chi connectivity index (χ4v) is 2.46. The quantitative estimate of drug-likeness (QED) is 0.282. The Labute approximate surface area is 173 Å². The van der Waals surface area contributed by atoms with E-state index < -0.39 is 62.9 Å². The first-order valence-electron chi connectivity index (χ1n) is 7.59.